The van der Waals surface area contributed by atoms with Crippen LogP contribution >= 0.6 is 11.8 Å². The Balaban J connectivity index is 1.24. The first kappa shape index (κ1) is 37.1. The first-order valence-corrected chi connectivity index (χ1v) is 16.8. The number of fused-ring (bicyclic) bond motifs is 1. The van der Waals surface area contributed by atoms with Crippen molar-refractivity contribution in [2.24, 2.45) is 0 Å². The van der Waals surface area contributed by atoms with Crippen LogP contribution in [0.3, 0.4) is 0 Å². The molecule has 0 spiro atoms. The summed E-state index contributed by atoms with van der Waals surface area (Å²) in [5, 5.41) is 15.0. The number of unbranched alkanes of at least 4 members (excludes halogenated alkanes) is 1. The molecule has 2 heterocycles. The Kier molecular flexibility index (Phi) is 20.9. The first-order valence-electron chi connectivity index (χ1n) is 15.7. The van der Waals surface area contributed by atoms with Gasteiger partial charge in [-0.3, -0.25) is 14.4 Å². The first-order chi connectivity index (χ1) is 21.0. The maximum atomic E-state index is 12.0. The van der Waals surface area contributed by atoms with E-state index in [2.05, 4.69) is 26.6 Å². The van der Waals surface area contributed by atoms with Crippen LogP contribution in [0, 0.1) is 0 Å². The van der Waals surface area contributed by atoms with Crippen molar-refractivity contribution in [3.8, 4) is 0 Å². The molecule has 3 unspecified atom stereocenters. The summed E-state index contributed by atoms with van der Waals surface area (Å²) in [6.07, 6.45) is 6.84. The van der Waals surface area contributed by atoms with Crippen molar-refractivity contribution in [2.45, 2.75) is 81.5 Å². The minimum Gasteiger partial charge on any atom is -0.385 e. The Labute approximate surface area is 260 Å². The van der Waals surface area contributed by atoms with Crippen molar-refractivity contribution < 1.29 is 38.1 Å². The summed E-state index contributed by atoms with van der Waals surface area (Å²) in [5.74, 6) is 0.942. The topological polar surface area (TPSA) is 165 Å². The Bertz CT molecular complexity index is 809. The van der Waals surface area contributed by atoms with Gasteiger partial charge in [0.2, 0.25) is 17.7 Å². The van der Waals surface area contributed by atoms with E-state index in [1.54, 1.807) is 7.11 Å². The third-order valence-electron chi connectivity index (χ3n) is 7.05. The number of nitrogens with one attached hydrogen (secondary N) is 5. The predicted octanol–water partition coefficient (Wildman–Crippen LogP) is 1.10. The number of ether oxygens (including phenoxy) is 4. The number of amides is 5. The van der Waals surface area contributed by atoms with Crippen molar-refractivity contribution >= 4 is 35.5 Å². The normalized spacial score (nSPS) is 19.0. The number of thioether (sulfide) groups is 1. The summed E-state index contributed by atoms with van der Waals surface area (Å²) in [6.45, 7) is 5.38. The zero-order chi connectivity index (χ0) is 31.0. The Morgan fingerprint density at radius 2 is 1.21 bits per heavy atom. The smallest absolute Gasteiger partial charge is 0.315 e. The molecule has 13 nitrogen and oxygen atoms in total. The lowest BCUT2D eigenvalue weighted by Gasteiger charge is -2.16. The van der Waals surface area contributed by atoms with Crippen LogP contribution in [0.4, 0.5) is 4.79 Å². The molecule has 2 aliphatic heterocycles. The fourth-order valence-corrected chi connectivity index (χ4v) is 6.28. The molecule has 0 aromatic carbocycles. The van der Waals surface area contributed by atoms with E-state index >= 15 is 0 Å². The number of rotatable bonds is 27. The highest BCUT2D eigenvalue weighted by molar-refractivity contribution is 8.00. The largest absolute Gasteiger partial charge is 0.385 e. The molecular weight excluding hydrogens is 578 g/mol. The Hall–Kier alpha value is -2.13. The van der Waals surface area contributed by atoms with Crippen molar-refractivity contribution in [2.75, 3.05) is 78.7 Å². The van der Waals surface area contributed by atoms with Crippen LogP contribution < -0.4 is 26.6 Å². The maximum Gasteiger partial charge on any atom is 0.315 e. The highest BCUT2D eigenvalue weighted by atomic mass is 32.2. The molecule has 0 aromatic heterocycles. The average molecular weight is 632 g/mol. The zero-order valence-corrected chi connectivity index (χ0v) is 26.6. The van der Waals surface area contributed by atoms with Gasteiger partial charge in [0.25, 0.3) is 0 Å². The van der Waals surface area contributed by atoms with Gasteiger partial charge in [0.05, 0.1) is 38.5 Å². The van der Waals surface area contributed by atoms with Crippen LogP contribution in [0.5, 0.6) is 0 Å². The highest BCUT2D eigenvalue weighted by Gasteiger charge is 2.42. The van der Waals surface area contributed by atoms with Gasteiger partial charge in [-0.1, -0.05) is 6.42 Å². The molecule has 2 aliphatic rings. The minimum atomic E-state index is -0.0593. The van der Waals surface area contributed by atoms with Crippen LogP contribution in [-0.4, -0.2) is 120 Å². The van der Waals surface area contributed by atoms with Gasteiger partial charge >= 0.3 is 6.03 Å². The van der Waals surface area contributed by atoms with Gasteiger partial charge in [-0.2, -0.15) is 11.8 Å². The molecule has 0 saturated carbocycles. The van der Waals surface area contributed by atoms with E-state index in [-0.39, 0.29) is 35.8 Å². The zero-order valence-electron chi connectivity index (χ0n) is 25.8. The molecule has 248 valence electrons. The van der Waals surface area contributed by atoms with E-state index in [0.717, 1.165) is 37.9 Å². The van der Waals surface area contributed by atoms with Gasteiger partial charge in [0.1, 0.15) is 0 Å². The van der Waals surface area contributed by atoms with E-state index in [0.29, 0.717) is 103 Å². The molecule has 0 aliphatic carbocycles. The van der Waals surface area contributed by atoms with Gasteiger partial charge in [0.15, 0.2) is 0 Å². The molecule has 43 heavy (non-hydrogen) atoms. The standard InChI is InChI=1S/C29H53N5O8S/c1-39-15-5-12-30-26(36)10-4-11-27(37)32-14-7-17-41-19-21-42-20-18-40-16-6-13-31-25(35)9-3-2-8-24-28-23(22-43-24)33-29(38)34-28/h23-24,28H,2-22H2,1H3,(H,30,36)(H,31,35)(H,32,37)(H2,33,34,38). The van der Waals surface area contributed by atoms with Crippen LogP contribution in [-0.2, 0) is 33.3 Å². The lowest BCUT2D eigenvalue weighted by atomic mass is 10.0. The van der Waals surface area contributed by atoms with Crippen LogP contribution in [0.25, 0.3) is 0 Å². The molecule has 0 aromatic rings. The summed E-state index contributed by atoms with van der Waals surface area (Å²) in [5.41, 5.74) is 0. The summed E-state index contributed by atoms with van der Waals surface area (Å²) < 4.78 is 21.5. The highest BCUT2D eigenvalue weighted by Crippen LogP contribution is 2.33. The predicted molar refractivity (Wildman–Crippen MR) is 165 cm³/mol. The lowest BCUT2D eigenvalue weighted by molar-refractivity contribution is -0.123. The van der Waals surface area contributed by atoms with E-state index in [1.165, 1.54) is 0 Å². The molecule has 5 amide bonds. The van der Waals surface area contributed by atoms with Crippen molar-refractivity contribution in [3.05, 3.63) is 0 Å². The fraction of sp³-hybridized carbons (Fsp3) is 0.862. The molecule has 2 saturated heterocycles. The number of methoxy groups -OCH3 is 1. The van der Waals surface area contributed by atoms with Gasteiger partial charge in [-0.15, -0.1) is 0 Å². The Morgan fingerprint density at radius 1 is 0.698 bits per heavy atom. The maximum absolute atomic E-state index is 12.0. The van der Waals surface area contributed by atoms with E-state index < -0.39 is 0 Å². The van der Waals surface area contributed by atoms with Gasteiger partial charge in [-0.25, -0.2) is 4.79 Å². The quantitative estimate of drug-likeness (QED) is 0.0659. The molecule has 2 rings (SSSR count). The summed E-state index contributed by atoms with van der Waals surface area (Å²) in [6, 6.07) is 0.416. The van der Waals surface area contributed by atoms with Crippen LogP contribution in [0.1, 0.15) is 64.2 Å². The number of hydrogen-bond acceptors (Lipinski definition) is 9. The SMILES string of the molecule is COCCCNC(=O)CCCC(=O)NCCCOCCOCCOCCCNC(=O)CCCCC1SCC2NC(=O)NC21. The average Bonchev–Trinajstić information content (AvgIpc) is 3.54. The van der Waals surface area contributed by atoms with Crippen molar-refractivity contribution in [1.82, 2.24) is 26.6 Å². The lowest BCUT2D eigenvalue weighted by Crippen LogP contribution is -2.36. The van der Waals surface area contributed by atoms with E-state index in [4.69, 9.17) is 18.9 Å². The van der Waals surface area contributed by atoms with Crippen LogP contribution in [0.15, 0.2) is 0 Å². The van der Waals surface area contributed by atoms with Crippen LogP contribution in [0.2, 0.25) is 0 Å². The molecule has 3 atom stereocenters. The number of carbonyl (C=O) groups is 4. The molecule has 5 N–H and O–H groups in total. The summed E-state index contributed by atoms with van der Waals surface area (Å²) in [4.78, 5) is 47.0. The van der Waals surface area contributed by atoms with Crippen molar-refractivity contribution in [3.63, 3.8) is 0 Å². The van der Waals surface area contributed by atoms with Crippen molar-refractivity contribution in [1.29, 1.82) is 0 Å². The molecule has 14 heteroatoms. The fourth-order valence-electron chi connectivity index (χ4n) is 4.74. The molecule has 0 bridgehead atoms. The number of carbonyl (C=O) groups excluding carboxylic acids is 4. The second kappa shape index (κ2) is 24.2. The molecule has 0 radical (unpaired) electrons. The molecule has 2 fully saturated rings. The number of urea groups is 1. The number of hydrogen-bond donors (Lipinski definition) is 5. The minimum absolute atomic E-state index is 0.0389. The van der Waals surface area contributed by atoms with Gasteiger partial charge < -0.3 is 45.5 Å². The monoisotopic (exact) mass is 631 g/mol. The second-order valence-electron chi connectivity index (χ2n) is 10.7. The third-order valence-corrected chi connectivity index (χ3v) is 8.56. The van der Waals surface area contributed by atoms with E-state index in [1.807, 2.05) is 11.8 Å². The van der Waals surface area contributed by atoms with E-state index in [9.17, 15) is 19.2 Å². The summed E-state index contributed by atoms with van der Waals surface area (Å²) in [7, 11) is 1.63. The second-order valence-corrected chi connectivity index (χ2v) is 11.9. The third kappa shape index (κ3) is 18.3. The summed E-state index contributed by atoms with van der Waals surface area (Å²) >= 11 is 1.90. The Morgan fingerprint density at radius 3 is 1.77 bits per heavy atom. The van der Waals surface area contributed by atoms with Gasteiger partial charge in [0, 0.05) is 76.8 Å². The van der Waals surface area contributed by atoms with Gasteiger partial charge in [-0.05, 0) is 38.5 Å². The molecular formula is C29H53N5O8S.